The van der Waals surface area contributed by atoms with Crippen molar-refractivity contribution in [1.82, 2.24) is 25.4 Å². The first-order valence-electron chi connectivity index (χ1n) is 7.23. The van der Waals surface area contributed by atoms with Crippen molar-refractivity contribution in [2.45, 2.75) is 11.0 Å². The lowest BCUT2D eigenvalue weighted by atomic mass is 10.2. The van der Waals surface area contributed by atoms with Gasteiger partial charge in [-0.1, -0.05) is 23.4 Å². The molecule has 124 valence electrons. The van der Waals surface area contributed by atoms with Crippen molar-refractivity contribution in [2.24, 2.45) is 0 Å². The van der Waals surface area contributed by atoms with Crippen LogP contribution < -0.4 is 0 Å². The minimum Gasteiger partial charge on any atom is -0.420 e. The zero-order valence-electron chi connectivity index (χ0n) is 12.7. The van der Waals surface area contributed by atoms with E-state index in [2.05, 4.69) is 25.4 Å². The molecule has 0 unspecified atom stereocenters. The Bertz CT molecular complexity index is 972. The molecule has 3 heterocycles. The monoisotopic (exact) mass is 371 g/mol. The molecule has 0 fully saturated rings. The molecule has 4 rings (SSSR count). The Hall–Kier alpha value is -2.71. The maximum atomic E-state index is 5.87. The van der Waals surface area contributed by atoms with E-state index in [0.717, 1.165) is 11.1 Å². The third kappa shape index (κ3) is 3.70. The summed E-state index contributed by atoms with van der Waals surface area (Å²) in [5.41, 5.74) is 1.63. The maximum absolute atomic E-state index is 5.87. The van der Waals surface area contributed by atoms with E-state index >= 15 is 0 Å². The summed E-state index contributed by atoms with van der Waals surface area (Å²) in [7, 11) is 0. The molecule has 0 radical (unpaired) electrons. The molecular weight excluding hydrogens is 362 g/mol. The van der Waals surface area contributed by atoms with E-state index < -0.39 is 0 Å². The molecule has 0 atom stereocenters. The quantitative estimate of drug-likeness (QED) is 0.483. The fourth-order valence-corrected chi connectivity index (χ4v) is 2.75. The average Bonchev–Trinajstić information content (AvgIpc) is 3.31. The average molecular weight is 372 g/mol. The molecule has 0 aliphatic heterocycles. The summed E-state index contributed by atoms with van der Waals surface area (Å²) in [5, 5.41) is 17.2. The van der Waals surface area contributed by atoms with E-state index in [0.29, 0.717) is 33.7 Å². The van der Waals surface area contributed by atoms with Crippen LogP contribution in [0.1, 0.15) is 5.89 Å². The fourth-order valence-electron chi connectivity index (χ4n) is 2.02. The second kappa shape index (κ2) is 7.04. The molecule has 1 aromatic carbocycles. The predicted octanol–water partition coefficient (Wildman–Crippen LogP) is 4.13. The Morgan fingerprint density at radius 2 is 1.48 bits per heavy atom. The number of thioether (sulfide) groups is 1. The van der Waals surface area contributed by atoms with E-state index in [9.17, 15) is 0 Å². The molecule has 0 saturated carbocycles. The Balaban J connectivity index is 1.42. The molecular formula is C16H10ClN5O2S. The SMILES string of the molecule is Clc1ccc(-c2nnc(CSc3nnc(-c4ccncc4)o3)o2)cc1. The number of hydrogen-bond acceptors (Lipinski definition) is 8. The molecule has 0 aliphatic carbocycles. The van der Waals surface area contributed by atoms with Crippen LogP contribution in [0.4, 0.5) is 0 Å². The predicted molar refractivity (Wildman–Crippen MR) is 91.8 cm³/mol. The lowest BCUT2D eigenvalue weighted by molar-refractivity contribution is 0.464. The Morgan fingerprint density at radius 3 is 2.28 bits per heavy atom. The fraction of sp³-hybridized carbons (Fsp3) is 0.0625. The summed E-state index contributed by atoms with van der Waals surface area (Å²) >= 11 is 7.20. The van der Waals surface area contributed by atoms with Gasteiger partial charge >= 0.3 is 0 Å². The normalized spacial score (nSPS) is 10.9. The molecule has 7 nitrogen and oxygen atoms in total. The van der Waals surface area contributed by atoms with Crippen molar-refractivity contribution in [3.05, 3.63) is 59.7 Å². The third-order valence-electron chi connectivity index (χ3n) is 3.21. The van der Waals surface area contributed by atoms with Crippen molar-refractivity contribution in [3.8, 4) is 22.9 Å². The summed E-state index contributed by atoms with van der Waals surface area (Å²) < 4.78 is 11.2. The largest absolute Gasteiger partial charge is 0.420 e. The molecule has 4 aromatic rings. The Labute approximate surface area is 151 Å². The molecule has 0 spiro atoms. The zero-order chi connectivity index (χ0) is 17.1. The van der Waals surface area contributed by atoms with Gasteiger partial charge in [-0.3, -0.25) is 4.98 Å². The first-order chi connectivity index (χ1) is 12.3. The number of pyridine rings is 1. The zero-order valence-corrected chi connectivity index (χ0v) is 14.2. The van der Waals surface area contributed by atoms with Crippen molar-refractivity contribution in [2.75, 3.05) is 0 Å². The molecule has 0 N–H and O–H groups in total. The van der Waals surface area contributed by atoms with Gasteiger partial charge in [0, 0.05) is 28.5 Å². The lowest BCUT2D eigenvalue weighted by Crippen LogP contribution is -1.80. The number of hydrogen-bond donors (Lipinski definition) is 0. The van der Waals surface area contributed by atoms with Gasteiger partial charge in [0.05, 0.1) is 5.75 Å². The topological polar surface area (TPSA) is 90.7 Å². The summed E-state index contributed by atoms with van der Waals surface area (Å²) in [6, 6.07) is 10.8. The van der Waals surface area contributed by atoms with Gasteiger partial charge in [-0.05, 0) is 36.4 Å². The smallest absolute Gasteiger partial charge is 0.277 e. The van der Waals surface area contributed by atoms with Crippen LogP contribution in [0.2, 0.25) is 5.02 Å². The lowest BCUT2D eigenvalue weighted by Gasteiger charge is -1.94. The minimum absolute atomic E-state index is 0.429. The summed E-state index contributed by atoms with van der Waals surface area (Å²) in [6.07, 6.45) is 3.34. The van der Waals surface area contributed by atoms with E-state index in [1.807, 2.05) is 12.1 Å². The van der Waals surface area contributed by atoms with E-state index in [4.69, 9.17) is 20.4 Å². The number of rotatable bonds is 5. The van der Waals surface area contributed by atoms with Crippen LogP contribution in [0.3, 0.4) is 0 Å². The number of aromatic nitrogens is 5. The molecule has 9 heteroatoms. The van der Waals surface area contributed by atoms with Gasteiger partial charge in [0.15, 0.2) is 0 Å². The molecule has 0 saturated heterocycles. The van der Waals surface area contributed by atoms with Crippen molar-refractivity contribution in [1.29, 1.82) is 0 Å². The van der Waals surface area contributed by atoms with Crippen molar-refractivity contribution < 1.29 is 8.83 Å². The molecule has 25 heavy (non-hydrogen) atoms. The number of nitrogens with zero attached hydrogens (tertiary/aromatic N) is 5. The number of benzene rings is 1. The second-order valence-electron chi connectivity index (χ2n) is 4.91. The molecule has 0 bridgehead atoms. The van der Waals surface area contributed by atoms with Gasteiger partial charge in [-0.15, -0.1) is 20.4 Å². The standard InChI is InChI=1S/C16H10ClN5O2S/c17-12-3-1-10(2-4-12)14-20-19-13(23-14)9-25-16-22-21-15(24-16)11-5-7-18-8-6-11/h1-8H,9H2. The summed E-state index contributed by atoms with van der Waals surface area (Å²) in [6.45, 7) is 0. The summed E-state index contributed by atoms with van der Waals surface area (Å²) in [4.78, 5) is 3.96. The van der Waals surface area contributed by atoms with E-state index in [1.54, 1.807) is 36.7 Å². The van der Waals surface area contributed by atoms with Crippen molar-refractivity contribution >= 4 is 23.4 Å². The summed E-state index contributed by atoms with van der Waals surface area (Å²) in [5.74, 6) is 1.78. The Morgan fingerprint density at radius 1 is 0.800 bits per heavy atom. The second-order valence-corrected chi connectivity index (χ2v) is 6.27. The minimum atomic E-state index is 0.429. The van der Waals surface area contributed by atoms with Crippen LogP contribution in [0, 0.1) is 0 Å². The van der Waals surface area contributed by atoms with Gasteiger partial charge in [-0.2, -0.15) is 0 Å². The molecule has 0 amide bonds. The van der Waals surface area contributed by atoms with Crippen LogP contribution in [-0.4, -0.2) is 25.4 Å². The van der Waals surface area contributed by atoms with Crippen LogP contribution in [0.25, 0.3) is 22.9 Å². The van der Waals surface area contributed by atoms with Crippen LogP contribution in [-0.2, 0) is 5.75 Å². The third-order valence-corrected chi connectivity index (χ3v) is 4.27. The van der Waals surface area contributed by atoms with Gasteiger partial charge in [0.25, 0.3) is 5.22 Å². The highest BCUT2D eigenvalue weighted by molar-refractivity contribution is 7.98. The maximum Gasteiger partial charge on any atom is 0.277 e. The molecule has 0 aliphatic rings. The van der Waals surface area contributed by atoms with Crippen LogP contribution in [0.5, 0.6) is 0 Å². The first kappa shape index (κ1) is 15.8. The Kier molecular flexibility index (Phi) is 4.45. The number of halogens is 1. The van der Waals surface area contributed by atoms with Gasteiger partial charge < -0.3 is 8.83 Å². The van der Waals surface area contributed by atoms with Gasteiger partial charge in [-0.25, -0.2) is 0 Å². The van der Waals surface area contributed by atoms with Crippen LogP contribution in [0.15, 0.2) is 62.8 Å². The highest BCUT2D eigenvalue weighted by Crippen LogP contribution is 2.26. The molecule has 3 aromatic heterocycles. The van der Waals surface area contributed by atoms with Gasteiger partial charge in [0.2, 0.25) is 17.7 Å². The van der Waals surface area contributed by atoms with Crippen LogP contribution >= 0.6 is 23.4 Å². The van der Waals surface area contributed by atoms with Crippen molar-refractivity contribution in [3.63, 3.8) is 0 Å². The highest BCUT2D eigenvalue weighted by Gasteiger charge is 2.12. The van der Waals surface area contributed by atoms with E-state index in [-0.39, 0.29) is 0 Å². The van der Waals surface area contributed by atoms with Gasteiger partial charge in [0.1, 0.15) is 0 Å². The first-order valence-corrected chi connectivity index (χ1v) is 8.59. The van der Waals surface area contributed by atoms with E-state index in [1.165, 1.54) is 11.8 Å². The highest BCUT2D eigenvalue weighted by atomic mass is 35.5.